The zero-order valence-corrected chi connectivity index (χ0v) is 40.4. The molecule has 3 rings (SSSR count). The number of nitrogens with zero attached hydrogens (tertiary/aromatic N) is 3. The molecule has 22 nitrogen and oxygen atoms in total. The molecule has 0 radical (unpaired) electrons. The topological polar surface area (TPSA) is 333 Å². The van der Waals surface area contributed by atoms with Crippen molar-refractivity contribution in [3.05, 3.63) is 22.2 Å². The van der Waals surface area contributed by atoms with Crippen molar-refractivity contribution in [2.45, 2.75) is 204 Å². The first-order valence-electron chi connectivity index (χ1n) is 24.5. The summed E-state index contributed by atoms with van der Waals surface area (Å²) in [5.74, 6) is -1.40. The van der Waals surface area contributed by atoms with E-state index in [2.05, 4.69) is 32.5 Å². The zero-order valence-electron chi connectivity index (χ0n) is 39.5. The van der Waals surface area contributed by atoms with Gasteiger partial charge in [0.25, 0.3) is 0 Å². The lowest BCUT2D eigenvalue weighted by molar-refractivity contribution is -0.383. The van der Waals surface area contributed by atoms with Crippen LogP contribution in [-0.4, -0.2) is 133 Å². The second-order valence-electron chi connectivity index (χ2n) is 17.5. The van der Waals surface area contributed by atoms with Crippen LogP contribution in [0, 0.1) is 10.1 Å². The quantitative estimate of drug-likeness (QED) is 0.0129. The van der Waals surface area contributed by atoms with Gasteiger partial charge in [-0.3, -0.25) is 33.5 Å². The number of phosphoric acid groups is 1. The predicted octanol–water partition coefficient (Wildman–Crippen LogP) is 5.82. The number of fused-ring (bicyclic) bond motifs is 1. The number of amides is 1. The Labute approximate surface area is 397 Å². The molecule has 0 saturated heterocycles. The number of nitro groups is 1. The first-order chi connectivity index (χ1) is 32.6. The summed E-state index contributed by atoms with van der Waals surface area (Å²) in [5.41, 5.74) is 0.691. The number of nitro benzene ring substituents is 1. The van der Waals surface area contributed by atoms with Gasteiger partial charge in [0, 0.05) is 38.4 Å². The molecule has 1 aliphatic carbocycles. The molecule has 1 aromatic carbocycles. The van der Waals surface area contributed by atoms with Crippen molar-refractivity contribution in [3.8, 4) is 0 Å². The number of nitrogens with one attached hydrogen (secondary N) is 2. The summed E-state index contributed by atoms with van der Waals surface area (Å²) in [6.45, 7) is 1.84. The van der Waals surface area contributed by atoms with Gasteiger partial charge in [0.15, 0.2) is 11.6 Å². The molecule has 3 unspecified atom stereocenters. The number of esters is 2. The minimum atomic E-state index is -5.18. The second kappa shape index (κ2) is 32.9. The van der Waals surface area contributed by atoms with E-state index < -0.39 is 80.6 Å². The molecular weight excluding hydrogens is 913 g/mol. The molecule has 1 amide bonds. The van der Waals surface area contributed by atoms with Crippen molar-refractivity contribution < 1.29 is 77.4 Å². The van der Waals surface area contributed by atoms with Crippen molar-refractivity contribution in [2.24, 2.45) is 0 Å². The summed E-state index contributed by atoms with van der Waals surface area (Å²) in [4.78, 5) is 58.7. The highest BCUT2D eigenvalue weighted by Crippen LogP contribution is 2.47. The number of aliphatic hydroxyl groups excluding tert-OH is 5. The molecule has 0 aliphatic heterocycles. The van der Waals surface area contributed by atoms with Crippen molar-refractivity contribution in [2.75, 3.05) is 31.6 Å². The summed E-state index contributed by atoms with van der Waals surface area (Å²) in [6.07, 6.45) is 7.86. The standard InChI is InChI=1S/C45H76N5O17P/c1-2-3-4-5-6-7-8-9-10-11-12-13-14-15-19-25-37(53)65-32(31-64-68(61,62)66-45-43(57)41(55)40(54)42(56)44(45)58)30-63-36(52)24-20-17-22-29-47-35(51)23-18-16-21-28-46-33-26-27-34(50(59)60)39-38(33)48-67-49-39/h26-27,32,40-46,54-58H,2-25,28-31H2,1H3,(H,47,51)(H,61,62)/t32-,40?,41-,42+,43+,44+,45?/m1/s1. The fourth-order valence-corrected chi connectivity index (χ4v) is 8.76. The van der Waals surface area contributed by atoms with Gasteiger partial charge in [-0.1, -0.05) is 110 Å². The molecule has 2 aromatic rings. The number of phosphoric ester groups is 1. The van der Waals surface area contributed by atoms with Crippen LogP contribution in [0.3, 0.4) is 0 Å². The molecule has 1 saturated carbocycles. The summed E-state index contributed by atoms with van der Waals surface area (Å²) in [5, 5.41) is 74.8. The van der Waals surface area contributed by atoms with E-state index in [-0.39, 0.29) is 35.5 Å². The Bertz CT molecular complexity index is 1810. The number of aliphatic hydroxyl groups is 5. The van der Waals surface area contributed by atoms with Crippen LogP contribution in [-0.2, 0) is 37.5 Å². The largest absolute Gasteiger partial charge is 0.472 e. The van der Waals surface area contributed by atoms with Crippen molar-refractivity contribution in [1.82, 2.24) is 15.6 Å². The first-order valence-corrected chi connectivity index (χ1v) is 26.0. The zero-order chi connectivity index (χ0) is 49.7. The number of non-ortho nitro benzene ring substituents is 1. The number of ether oxygens (including phenoxy) is 2. The lowest BCUT2D eigenvalue weighted by atomic mass is 9.85. The van der Waals surface area contributed by atoms with Crippen molar-refractivity contribution in [1.29, 1.82) is 0 Å². The molecule has 1 aromatic heterocycles. The molecule has 68 heavy (non-hydrogen) atoms. The second-order valence-corrected chi connectivity index (χ2v) is 18.9. The van der Waals surface area contributed by atoms with Gasteiger partial charge in [0.05, 0.1) is 17.2 Å². The van der Waals surface area contributed by atoms with E-state index in [0.717, 1.165) is 38.5 Å². The molecule has 1 fully saturated rings. The predicted molar refractivity (Wildman–Crippen MR) is 248 cm³/mol. The average molecular weight is 990 g/mol. The van der Waals surface area contributed by atoms with E-state index in [1.165, 1.54) is 70.3 Å². The summed E-state index contributed by atoms with van der Waals surface area (Å²) >= 11 is 0. The third-order valence-corrected chi connectivity index (χ3v) is 12.8. The lowest BCUT2D eigenvalue weighted by Crippen LogP contribution is -2.64. The van der Waals surface area contributed by atoms with Gasteiger partial charge >= 0.3 is 25.4 Å². The number of benzene rings is 1. The number of hydrogen-bond donors (Lipinski definition) is 8. The lowest BCUT2D eigenvalue weighted by Gasteiger charge is -2.41. The maximum atomic E-state index is 12.8. The minimum absolute atomic E-state index is 0.00321. The molecular formula is C45H76N5O17P. The smallest absolute Gasteiger partial charge is 0.462 e. The van der Waals surface area contributed by atoms with Gasteiger partial charge in [-0.2, -0.15) is 0 Å². The van der Waals surface area contributed by atoms with Crippen LogP contribution in [0.25, 0.3) is 11.0 Å². The molecule has 8 N–H and O–H groups in total. The number of carbonyl (C=O) groups is 3. The number of carbonyl (C=O) groups excluding carboxylic acids is 3. The Morgan fingerprint density at radius 3 is 1.78 bits per heavy atom. The molecule has 388 valence electrons. The highest BCUT2D eigenvalue weighted by molar-refractivity contribution is 7.47. The van der Waals surface area contributed by atoms with E-state index in [4.69, 9.17) is 18.5 Å². The first kappa shape index (κ1) is 58.5. The van der Waals surface area contributed by atoms with Gasteiger partial charge in [-0.25, -0.2) is 9.19 Å². The van der Waals surface area contributed by atoms with Gasteiger partial charge in [-0.15, -0.1) is 0 Å². The Morgan fingerprint density at radius 1 is 0.691 bits per heavy atom. The fourth-order valence-electron chi connectivity index (χ4n) is 7.78. The van der Waals surface area contributed by atoms with Gasteiger partial charge in [0.1, 0.15) is 43.2 Å². The van der Waals surface area contributed by atoms with E-state index >= 15 is 0 Å². The third-order valence-electron chi connectivity index (χ3n) is 11.8. The summed E-state index contributed by atoms with van der Waals surface area (Å²) in [7, 11) is -5.18. The number of anilines is 1. The van der Waals surface area contributed by atoms with Crippen LogP contribution >= 0.6 is 7.82 Å². The van der Waals surface area contributed by atoms with E-state index in [1.54, 1.807) is 6.07 Å². The van der Waals surface area contributed by atoms with Gasteiger partial charge in [-0.05, 0) is 48.5 Å². The molecule has 8 atom stereocenters. The van der Waals surface area contributed by atoms with Crippen LogP contribution in [0.2, 0.25) is 0 Å². The third kappa shape index (κ3) is 22.3. The average Bonchev–Trinajstić information content (AvgIpc) is 3.81. The highest BCUT2D eigenvalue weighted by Gasteiger charge is 2.51. The number of aromatic nitrogens is 2. The van der Waals surface area contributed by atoms with Crippen LogP contribution < -0.4 is 10.6 Å². The van der Waals surface area contributed by atoms with Gasteiger partial charge in [0.2, 0.25) is 11.4 Å². The SMILES string of the molecule is CCCCCCCCCCCCCCCCCC(=O)O[C@H](COC(=O)CCCCCNC(=O)CCCCCNc1ccc([N+](=O)[O-])c2nonc12)COP(=O)(O)OC1[C@@H](O)[C@H](O)C(O)[C@H](O)[C@@H]1O. The van der Waals surface area contributed by atoms with E-state index in [0.29, 0.717) is 57.3 Å². The molecule has 0 bridgehead atoms. The van der Waals surface area contributed by atoms with E-state index in [1.807, 2.05) is 0 Å². The highest BCUT2D eigenvalue weighted by atomic mass is 31.2. The molecule has 0 spiro atoms. The number of unbranched alkanes of at least 4 members (excludes halogenated alkanes) is 18. The van der Waals surface area contributed by atoms with Gasteiger partial charge < -0.3 is 50.5 Å². The summed E-state index contributed by atoms with van der Waals surface area (Å²) in [6, 6.07) is 2.88. The van der Waals surface area contributed by atoms with E-state index in [9.17, 15) is 59.5 Å². The monoisotopic (exact) mass is 989 g/mol. The van der Waals surface area contributed by atoms with Crippen LogP contribution in [0.1, 0.15) is 161 Å². The Hall–Kier alpha value is -3.86. The van der Waals surface area contributed by atoms with Crippen molar-refractivity contribution >= 4 is 48.1 Å². The molecule has 1 heterocycles. The number of rotatable bonds is 38. The Balaban J connectivity index is 1.32. The Kier molecular flexibility index (Phi) is 28.2. The Morgan fingerprint density at radius 2 is 1.19 bits per heavy atom. The normalized spacial score (nSPS) is 20.7. The van der Waals surface area contributed by atoms with Crippen LogP contribution in [0.15, 0.2) is 16.8 Å². The van der Waals surface area contributed by atoms with Crippen LogP contribution in [0.4, 0.5) is 11.4 Å². The molecule has 23 heteroatoms. The number of hydrogen-bond acceptors (Lipinski definition) is 19. The summed E-state index contributed by atoms with van der Waals surface area (Å²) < 4.78 is 38.1. The minimum Gasteiger partial charge on any atom is -0.462 e. The molecule has 1 aliphatic rings. The van der Waals surface area contributed by atoms with Crippen molar-refractivity contribution in [3.63, 3.8) is 0 Å². The maximum absolute atomic E-state index is 12.8. The fraction of sp³-hybridized carbons (Fsp3) is 0.800. The maximum Gasteiger partial charge on any atom is 0.472 e. The van der Waals surface area contributed by atoms with Crippen LogP contribution in [0.5, 0.6) is 0 Å².